The number of carbonyl (C=O) groups excluding carboxylic acids is 1. The minimum absolute atomic E-state index is 0.0374. The molecule has 0 spiro atoms. The van der Waals surface area contributed by atoms with Gasteiger partial charge in [-0.1, -0.05) is 53.7 Å². The first-order valence-corrected chi connectivity index (χ1v) is 10.5. The van der Waals surface area contributed by atoms with Crippen LogP contribution in [0, 0.1) is 0 Å². The lowest BCUT2D eigenvalue weighted by Crippen LogP contribution is -2.22. The van der Waals surface area contributed by atoms with Crippen LogP contribution in [-0.4, -0.2) is 22.7 Å². The molecule has 32 heavy (non-hydrogen) atoms. The van der Waals surface area contributed by atoms with Crippen molar-refractivity contribution in [1.29, 1.82) is 0 Å². The van der Waals surface area contributed by atoms with Gasteiger partial charge in [0.25, 0.3) is 5.91 Å². The molecule has 0 bridgehead atoms. The molecule has 1 aliphatic rings. The quantitative estimate of drug-likeness (QED) is 0.700. The Kier molecular flexibility index (Phi) is 5.77. The van der Waals surface area contributed by atoms with E-state index >= 15 is 0 Å². The highest BCUT2D eigenvalue weighted by molar-refractivity contribution is 6.32. The number of hydrogen-bond donors (Lipinski definition) is 1. The number of rotatable bonds is 3. The number of hydrazone groups is 1. The highest BCUT2D eigenvalue weighted by Crippen LogP contribution is 2.39. The van der Waals surface area contributed by atoms with Crippen molar-refractivity contribution in [3.63, 3.8) is 0 Å². The smallest absolute Gasteiger partial charge is 0.335 e. The van der Waals surface area contributed by atoms with Crippen LogP contribution >= 0.6 is 0 Å². The van der Waals surface area contributed by atoms with E-state index in [0.29, 0.717) is 28.1 Å². The highest BCUT2D eigenvalue weighted by atomic mass is 16.4. The van der Waals surface area contributed by atoms with E-state index in [1.807, 2.05) is 53.7 Å². The fourth-order valence-corrected chi connectivity index (χ4v) is 3.62. The molecule has 1 N–H and O–H groups in total. The Balaban J connectivity index is 2.06. The van der Waals surface area contributed by atoms with Crippen LogP contribution in [-0.2, 0) is 15.6 Å². The fourth-order valence-electron chi connectivity index (χ4n) is 3.62. The molecule has 0 radical (unpaired) electrons. The number of amides is 1. The largest absolute Gasteiger partial charge is 0.872 e. The van der Waals surface area contributed by atoms with Gasteiger partial charge in [-0.15, -0.1) is 5.75 Å². The van der Waals surface area contributed by atoms with Gasteiger partial charge in [0.2, 0.25) is 0 Å². The second-order valence-corrected chi connectivity index (χ2v) is 10.2. The van der Waals surface area contributed by atoms with Crippen LogP contribution in [0.2, 0.25) is 0 Å². The molecule has 3 rings (SSSR count). The SMILES string of the molecule is CC1=NN(c2ccc(C(=O)O)cc2)C(=O)/C1=C/c1cc(C(C)(C)C)c([O-])c(C(C)(C)C)c1. The zero-order chi connectivity index (χ0) is 24.0. The molecule has 2 aromatic carbocycles. The summed E-state index contributed by atoms with van der Waals surface area (Å²) in [7, 11) is 0. The lowest BCUT2D eigenvalue weighted by molar-refractivity contribution is -0.271. The summed E-state index contributed by atoms with van der Waals surface area (Å²) in [6.45, 7) is 13.8. The number of hydrogen-bond acceptors (Lipinski definition) is 4. The second-order valence-electron chi connectivity index (χ2n) is 10.2. The molecule has 168 valence electrons. The van der Waals surface area contributed by atoms with Crippen molar-refractivity contribution in [2.75, 3.05) is 5.01 Å². The van der Waals surface area contributed by atoms with E-state index in [-0.39, 0.29) is 28.1 Å². The monoisotopic (exact) mass is 433 g/mol. The maximum Gasteiger partial charge on any atom is 0.335 e. The summed E-state index contributed by atoms with van der Waals surface area (Å²) >= 11 is 0. The van der Waals surface area contributed by atoms with Crippen LogP contribution < -0.4 is 10.1 Å². The molecule has 0 unspecified atom stereocenters. The van der Waals surface area contributed by atoms with Crippen LogP contribution in [0.15, 0.2) is 47.1 Å². The molecule has 1 heterocycles. The summed E-state index contributed by atoms with van der Waals surface area (Å²) in [5, 5.41) is 27.9. The first-order valence-electron chi connectivity index (χ1n) is 10.5. The number of anilines is 1. The zero-order valence-electron chi connectivity index (χ0n) is 19.6. The fraction of sp³-hybridized carbons (Fsp3) is 0.346. The molecule has 0 saturated carbocycles. The zero-order valence-corrected chi connectivity index (χ0v) is 19.6. The third-order valence-electron chi connectivity index (χ3n) is 5.46. The molecule has 2 aromatic rings. The molecule has 0 atom stereocenters. The number of carboxylic acids is 1. The Hall–Kier alpha value is -3.41. The Morgan fingerprint density at radius 2 is 1.50 bits per heavy atom. The van der Waals surface area contributed by atoms with Crippen LogP contribution in [0.4, 0.5) is 5.69 Å². The van der Waals surface area contributed by atoms with Crippen LogP contribution in [0.25, 0.3) is 6.08 Å². The molecule has 0 saturated heterocycles. The average Bonchev–Trinajstić information content (AvgIpc) is 2.95. The first kappa shape index (κ1) is 23.3. The lowest BCUT2D eigenvalue weighted by atomic mass is 9.78. The number of carbonyl (C=O) groups is 2. The number of benzene rings is 2. The highest BCUT2D eigenvalue weighted by Gasteiger charge is 2.29. The van der Waals surface area contributed by atoms with Crippen molar-refractivity contribution in [2.45, 2.75) is 59.3 Å². The Labute approximate surface area is 188 Å². The number of nitrogens with zero attached hydrogens (tertiary/aromatic N) is 2. The predicted molar refractivity (Wildman–Crippen MR) is 125 cm³/mol. The minimum Gasteiger partial charge on any atom is -0.872 e. The van der Waals surface area contributed by atoms with Gasteiger partial charge in [0.1, 0.15) is 0 Å². The summed E-state index contributed by atoms with van der Waals surface area (Å²) in [6, 6.07) is 9.71. The molecule has 6 heteroatoms. The van der Waals surface area contributed by atoms with Gasteiger partial charge >= 0.3 is 5.97 Å². The standard InChI is InChI=1S/C26H30N2O4/c1-15-19(23(30)28(27-15)18-10-8-17(9-11-18)24(31)32)12-16-13-20(25(2,3)4)22(29)21(14-16)26(5,6)7/h8-14,29H,1-7H3,(H,31,32)/p-1/b19-12+. The molecular weight excluding hydrogens is 404 g/mol. The molecule has 0 aliphatic carbocycles. The van der Waals surface area contributed by atoms with E-state index in [1.54, 1.807) is 25.1 Å². The summed E-state index contributed by atoms with van der Waals surface area (Å²) < 4.78 is 0. The van der Waals surface area contributed by atoms with Crippen LogP contribution in [0.1, 0.15) is 75.5 Å². The molecule has 6 nitrogen and oxygen atoms in total. The van der Waals surface area contributed by atoms with E-state index < -0.39 is 5.97 Å². The van der Waals surface area contributed by atoms with E-state index in [0.717, 1.165) is 5.56 Å². The summed E-state index contributed by atoms with van der Waals surface area (Å²) in [4.78, 5) is 24.2. The van der Waals surface area contributed by atoms with E-state index in [9.17, 15) is 14.7 Å². The summed E-state index contributed by atoms with van der Waals surface area (Å²) in [5.41, 5.74) is 3.13. The van der Waals surface area contributed by atoms with Crippen LogP contribution in [0.3, 0.4) is 0 Å². The van der Waals surface area contributed by atoms with Gasteiger partial charge in [0.15, 0.2) is 0 Å². The molecule has 0 fully saturated rings. The molecule has 1 aliphatic heterocycles. The predicted octanol–water partition coefficient (Wildman–Crippen LogP) is 4.86. The van der Waals surface area contributed by atoms with Crippen molar-refractivity contribution in [2.24, 2.45) is 5.10 Å². The minimum atomic E-state index is -1.03. The summed E-state index contributed by atoms with van der Waals surface area (Å²) in [5.74, 6) is -1.29. The molecular formula is C26H29N2O4-. The third-order valence-corrected chi connectivity index (χ3v) is 5.46. The van der Waals surface area contributed by atoms with Gasteiger partial charge in [-0.05, 0) is 64.8 Å². The van der Waals surface area contributed by atoms with Gasteiger partial charge in [-0.2, -0.15) is 10.1 Å². The van der Waals surface area contributed by atoms with Crippen molar-refractivity contribution in [1.82, 2.24) is 0 Å². The average molecular weight is 434 g/mol. The van der Waals surface area contributed by atoms with Crippen LogP contribution in [0.5, 0.6) is 5.75 Å². The Bertz CT molecular complexity index is 1110. The number of aromatic carboxylic acids is 1. The van der Waals surface area contributed by atoms with E-state index in [1.165, 1.54) is 17.1 Å². The van der Waals surface area contributed by atoms with Gasteiger partial charge in [-0.25, -0.2) is 4.79 Å². The Morgan fingerprint density at radius 3 is 1.94 bits per heavy atom. The van der Waals surface area contributed by atoms with Gasteiger partial charge in [-0.3, -0.25) is 4.79 Å². The van der Waals surface area contributed by atoms with Crippen molar-refractivity contribution >= 4 is 29.4 Å². The molecule has 1 amide bonds. The number of carboxylic acid groups (broad SMARTS) is 1. The third kappa shape index (κ3) is 4.44. The first-order chi connectivity index (χ1) is 14.7. The maximum atomic E-state index is 13.1. The van der Waals surface area contributed by atoms with Crippen molar-refractivity contribution in [3.8, 4) is 5.75 Å². The van der Waals surface area contributed by atoms with Crippen molar-refractivity contribution < 1.29 is 19.8 Å². The van der Waals surface area contributed by atoms with Gasteiger partial charge < -0.3 is 10.2 Å². The lowest BCUT2D eigenvalue weighted by Gasteiger charge is -2.33. The molecule has 0 aromatic heterocycles. The normalized spacial score (nSPS) is 16.0. The Morgan fingerprint density at radius 1 is 1.00 bits per heavy atom. The van der Waals surface area contributed by atoms with E-state index in [2.05, 4.69) is 5.10 Å². The summed E-state index contributed by atoms with van der Waals surface area (Å²) in [6.07, 6.45) is 1.77. The van der Waals surface area contributed by atoms with E-state index in [4.69, 9.17) is 5.11 Å². The van der Waals surface area contributed by atoms with Gasteiger partial charge in [0, 0.05) is 0 Å². The second kappa shape index (κ2) is 7.93. The van der Waals surface area contributed by atoms with Gasteiger partial charge in [0.05, 0.1) is 22.5 Å². The van der Waals surface area contributed by atoms with Crippen molar-refractivity contribution in [3.05, 3.63) is 64.2 Å². The maximum absolute atomic E-state index is 13.1. The topological polar surface area (TPSA) is 93.0 Å².